The van der Waals surface area contributed by atoms with Crippen molar-refractivity contribution in [2.45, 2.75) is 58.8 Å². The van der Waals surface area contributed by atoms with E-state index in [9.17, 15) is 8.78 Å². The molecule has 3 heteroatoms. The van der Waals surface area contributed by atoms with Crippen molar-refractivity contribution in [2.24, 2.45) is 11.8 Å². The molecule has 0 saturated heterocycles. The van der Waals surface area contributed by atoms with Crippen LogP contribution in [0.5, 0.6) is 0 Å². The predicted molar refractivity (Wildman–Crippen MR) is 89.0 cm³/mol. The molecule has 0 bridgehead atoms. The van der Waals surface area contributed by atoms with Crippen LogP contribution in [0.4, 0.5) is 8.78 Å². The summed E-state index contributed by atoms with van der Waals surface area (Å²) >= 11 is 0. The molecule has 1 nitrogen and oxygen atoms in total. The minimum atomic E-state index is -0.667. The molecule has 0 spiro atoms. The molecule has 0 radical (unpaired) electrons. The van der Waals surface area contributed by atoms with Crippen molar-refractivity contribution in [3.63, 3.8) is 0 Å². The Bertz CT molecular complexity index is 390. The van der Waals surface area contributed by atoms with Gasteiger partial charge in [-0.1, -0.05) is 38.8 Å². The van der Waals surface area contributed by atoms with Gasteiger partial charge >= 0.3 is 0 Å². The van der Waals surface area contributed by atoms with E-state index in [1.807, 2.05) is 0 Å². The quantitative estimate of drug-likeness (QED) is 0.359. The first-order valence-corrected chi connectivity index (χ1v) is 8.56. The zero-order valence-corrected chi connectivity index (χ0v) is 14.0. The number of hydrogen-bond acceptors (Lipinski definition) is 1. The van der Waals surface area contributed by atoms with Gasteiger partial charge in [0.05, 0.1) is 6.61 Å². The molecule has 0 aliphatic heterocycles. The minimum absolute atomic E-state index is 0.203. The Balaban J connectivity index is 2.67. The SMILES string of the molecule is C=C(F)/C(=C\C=C(/CF)OCC)C1CCC(CCCC)CC1. The molecular weight excluding hydrogens is 282 g/mol. The second-order valence-corrected chi connectivity index (χ2v) is 6.09. The predicted octanol–water partition coefficient (Wildman–Crippen LogP) is 6.28. The van der Waals surface area contributed by atoms with Crippen LogP contribution in [0.2, 0.25) is 0 Å². The van der Waals surface area contributed by atoms with Crippen molar-refractivity contribution in [3.05, 3.63) is 35.9 Å². The Morgan fingerprint density at radius 1 is 1.18 bits per heavy atom. The molecular formula is C19H30F2O. The number of halogens is 2. The lowest BCUT2D eigenvalue weighted by molar-refractivity contribution is 0.204. The zero-order chi connectivity index (χ0) is 16.4. The number of unbranched alkanes of at least 4 members (excludes halogenated alkanes) is 1. The van der Waals surface area contributed by atoms with Crippen molar-refractivity contribution < 1.29 is 13.5 Å². The highest BCUT2D eigenvalue weighted by atomic mass is 19.1. The Morgan fingerprint density at radius 2 is 1.86 bits per heavy atom. The maximum Gasteiger partial charge on any atom is 0.146 e. The maximum atomic E-state index is 13.8. The lowest BCUT2D eigenvalue weighted by Crippen LogP contribution is -2.16. The standard InChI is InChI=1S/C19H30F2O/c1-4-6-7-16-8-10-17(11-9-16)19(15(3)21)13-12-18(14-20)22-5-2/h12-13,16-17H,3-11,14H2,1-2H3/b18-12+,19-13+. The van der Waals surface area contributed by atoms with E-state index >= 15 is 0 Å². The average Bonchev–Trinajstić information content (AvgIpc) is 2.52. The average molecular weight is 312 g/mol. The molecule has 126 valence electrons. The van der Waals surface area contributed by atoms with E-state index in [1.165, 1.54) is 19.3 Å². The van der Waals surface area contributed by atoms with Crippen LogP contribution >= 0.6 is 0 Å². The van der Waals surface area contributed by atoms with Gasteiger partial charge in [0, 0.05) is 0 Å². The zero-order valence-electron chi connectivity index (χ0n) is 14.0. The van der Waals surface area contributed by atoms with Gasteiger partial charge < -0.3 is 4.74 Å². The third-order valence-electron chi connectivity index (χ3n) is 4.48. The highest BCUT2D eigenvalue weighted by Gasteiger charge is 2.24. The number of allylic oxidation sites excluding steroid dienone is 5. The van der Waals surface area contributed by atoms with Crippen LogP contribution in [-0.2, 0) is 4.74 Å². The van der Waals surface area contributed by atoms with Crippen LogP contribution in [0.3, 0.4) is 0 Å². The van der Waals surface area contributed by atoms with Crippen molar-refractivity contribution in [1.82, 2.24) is 0 Å². The molecule has 0 N–H and O–H groups in total. The molecule has 0 aromatic heterocycles. The third kappa shape index (κ3) is 6.33. The second kappa shape index (κ2) is 10.6. The van der Waals surface area contributed by atoms with E-state index in [2.05, 4.69) is 13.5 Å². The highest BCUT2D eigenvalue weighted by Crippen LogP contribution is 2.37. The van der Waals surface area contributed by atoms with E-state index in [4.69, 9.17) is 4.74 Å². The number of ether oxygens (including phenoxy) is 1. The third-order valence-corrected chi connectivity index (χ3v) is 4.48. The van der Waals surface area contributed by atoms with Crippen LogP contribution in [0, 0.1) is 11.8 Å². The van der Waals surface area contributed by atoms with Gasteiger partial charge in [0.2, 0.25) is 0 Å². The molecule has 1 fully saturated rings. The molecule has 1 saturated carbocycles. The van der Waals surface area contributed by atoms with Gasteiger partial charge in [-0.15, -0.1) is 0 Å². The van der Waals surface area contributed by atoms with E-state index in [0.29, 0.717) is 12.2 Å². The molecule has 0 unspecified atom stereocenters. The van der Waals surface area contributed by atoms with Gasteiger partial charge in [0.25, 0.3) is 0 Å². The molecule has 0 aromatic carbocycles. The topological polar surface area (TPSA) is 9.23 Å². The summed E-state index contributed by atoms with van der Waals surface area (Å²) in [5.74, 6) is 0.834. The maximum absolute atomic E-state index is 13.8. The second-order valence-electron chi connectivity index (χ2n) is 6.09. The van der Waals surface area contributed by atoms with Gasteiger partial charge in [-0.3, -0.25) is 0 Å². The van der Waals surface area contributed by atoms with E-state index in [0.717, 1.165) is 31.6 Å². The lowest BCUT2D eigenvalue weighted by Gasteiger charge is -2.29. The smallest absolute Gasteiger partial charge is 0.146 e. The summed E-state index contributed by atoms with van der Waals surface area (Å²) in [5, 5.41) is 0. The fourth-order valence-electron chi connectivity index (χ4n) is 3.20. The fraction of sp³-hybridized carbons (Fsp3) is 0.684. The Labute approximate surface area is 134 Å². The van der Waals surface area contributed by atoms with Crippen molar-refractivity contribution in [3.8, 4) is 0 Å². The summed E-state index contributed by atoms with van der Waals surface area (Å²) in [6.45, 7) is 7.22. The van der Waals surface area contributed by atoms with Crippen molar-refractivity contribution in [1.29, 1.82) is 0 Å². The van der Waals surface area contributed by atoms with E-state index in [-0.39, 0.29) is 11.7 Å². The van der Waals surface area contributed by atoms with Gasteiger partial charge in [0.15, 0.2) is 0 Å². The lowest BCUT2D eigenvalue weighted by atomic mass is 9.76. The van der Waals surface area contributed by atoms with Crippen LogP contribution in [-0.4, -0.2) is 13.3 Å². The van der Waals surface area contributed by atoms with Gasteiger partial charge in [0.1, 0.15) is 18.3 Å². The highest BCUT2D eigenvalue weighted by molar-refractivity contribution is 5.30. The summed E-state index contributed by atoms with van der Waals surface area (Å²) < 4.78 is 31.7. The molecule has 0 atom stereocenters. The normalized spacial score (nSPS) is 23.5. The van der Waals surface area contributed by atoms with E-state index in [1.54, 1.807) is 19.1 Å². The van der Waals surface area contributed by atoms with Crippen molar-refractivity contribution in [2.75, 3.05) is 13.3 Å². The summed E-state index contributed by atoms with van der Waals surface area (Å²) in [6.07, 6.45) is 11.3. The number of rotatable bonds is 9. The monoisotopic (exact) mass is 312 g/mol. The first kappa shape index (κ1) is 18.9. The summed E-state index contributed by atoms with van der Waals surface area (Å²) in [5.41, 5.74) is 0.611. The van der Waals surface area contributed by atoms with Crippen LogP contribution < -0.4 is 0 Å². The fourth-order valence-corrected chi connectivity index (χ4v) is 3.20. The first-order chi connectivity index (χ1) is 10.6. The first-order valence-electron chi connectivity index (χ1n) is 8.56. The van der Waals surface area contributed by atoms with Crippen LogP contribution in [0.25, 0.3) is 0 Å². The van der Waals surface area contributed by atoms with Gasteiger partial charge in [-0.25, -0.2) is 8.78 Å². The van der Waals surface area contributed by atoms with Crippen molar-refractivity contribution >= 4 is 0 Å². The molecule has 0 amide bonds. The van der Waals surface area contributed by atoms with Gasteiger partial charge in [-0.2, -0.15) is 0 Å². The van der Waals surface area contributed by atoms with Crippen LogP contribution in [0.15, 0.2) is 35.9 Å². The molecule has 1 aliphatic rings. The number of hydrogen-bond donors (Lipinski definition) is 0. The summed E-state index contributed by atoms with van der Waals surface area (Å²) in [4.78, 5) is 0. The molecule has 1 rings (SSSR count). The largest absolute Gasteiger partial charge is 0.495 e. The molecule has 22 heavy (non-hydrogen) atoms. The summed E-state index contributed by atoms with van der Waals surface area (Å²) in [7, 11) is 0. The molecule has 0 heterocycles. The van der Waals surface area contributed by atoms with Crippen LogP contribution in [0.1, 0.15) is 58.8 Å². The Kier molecular flexibility index (Phi) is 9.10. The number of alkyl halides is 1. The molecule has 1 aliphatic carbocycles. The Hall–Kier alpha value is -1.12. The summed E-state index contributed by atoms with van der Waals surface area (Å²) in [6, 6.07) is 0. The van der Waals surface area contributed by atoms with E-state index < -0.39 is 12.5 Å². The minimum Gasteiger partial charge on any atom is -0.495 e. The Morgan fingerprint density at radius 3 is 2.36 bits per heavy atom. The molecule has 0 aromatic rings. The van der Waals surface area contributed by atoms with Gasteiger partial charge in [-0.05, 0) is 56.1 Å².